The molecule has 0 amide bonds. The largest absolute Gasteiger partial charge is 0.481 e. The summed E-state index contributed by atoms with van der Waals surface area (Å²) in [5, 5.41) is 14.5. The molecule has 194 valence electrons. The van der Waals surface area contributed by atoms with E-state index in [9.17, 15) is 18.3 Å². The average Bonchev–Trinajstić information content (AvgIpc) is 3.58. The zero-order chi connectivity index (χ0) is 26.2. The van der Waals surface area contributed by atoms with Crippen LogP contribution in [0.4, 0.5) is 4.39 Å². The van der Waals surface area contributed by atoms with E-state index in [2.05, 4.69) is 10.1 Å². The SMILES string of the molecule is CCOc1ccc(S(=O)(=O)N2C[C@H](n3nc(CC(=O)O)c4ccccc43)[C@](F)(CC3=CC=CC3)C2)cn1. The van der Waals surface area contributed by atoms with Crippen molar-refractivity contribution >= 4 is 26.9 Å². The number of halogens is 1. The molecule has 2 aromatic heterocycles. The highest BCUT2D eigenvalue weighted by atomic mass is 32.2. The van der Waals surface area contributed by atoms with Crippen LogP contribution in [0, 0.1) is 0 Å². The third-order valence-electron chi connectivity index (χ3n) is 6.73. The van der Waals surface area contributed by atoms with Crippen molar-refractivity contribution in [3.05, 3.63) is 72.1 Å². The molecule has 0 unspecified atom stereocenters. The number of alkyl halides is 1. The molecule has 1 aliphatic carbocycles. The van der Waals surface area contributed by atoms with Crippen LogP contribution in [0.2, 0.25) is 0 Å². The molecule has 2 atom stereocenters. The molecular formula is C26H27FN4O5S. The summed E-state index contributed by atoms with van der Waals surface area (Å²) in [6.45, 7) is 1.66. The molecule has 3 heterocycles. The predicted octanol–water partition coefficient (Wildman–Crippen LogP) is 3.69. The molecule has 1 aromatic carbocycles. The van der Waals surface area contributed by atoms with Crippen LogP contribution < -0.4 is 4.74 Å². The Bertz CT molecular complexity index is 1500. The average molecular weight is 527 g/mol. The van der Waals surface area contributed by atoms with Crippen LogP contribution in [0.5, 0.6) is 5.88 Å². The van der Waals surface area contributed by atoms with Gasteiger partial charge in [-0.1, -0.05) is 42.0 Å². The number of hydrogen-bond donors (Lipinski definition) is 1. The van der Waals surface area contributed by atoms with Crippen LogP contribution in [0.3, 0.4) is 0 Å². The molecule has 0 spiro atoms. The molecule has 0 saturated carbocycles. The lowest BCUT2D eigenvalue weighted by molar-refractivity contribution is -0.136. The van der Waals surface area contributed by atoms with E-state index >= 15 is 4.39 Å². The molecule has 11 heteroatoms. The van der Waals surface area contributed by atoms with Gasteiger partial charge in [-0.2, -0.15) is 9.40 Å². The molecule has 2 aliphatic rings. The van der Waals surface area contributed by atoms with Crippen molar-refractivity contribution in [2.75, 3.05) is 19.7 Å². The van der Waals surface area contributed by atoms with Gasteiger partial charge in [0.1, 0.15) is 10.9 Å². The van der Waals surface area contributed by atoms with Gasteiger partial charge < -0.3 is 9.84 Å². The number of allylic oxidation sites excluding steroid dienone is 4. The minimum atomic E-state index is -4.08. The second kappa shape index (κ2) is 9.71. The Morgan fingerprint density at radius 2 is 2.08 bits per heavy atom. The first-order valence-corrected chi connectivity index (χ1v) is 13.5. The molecule has 9 nitrogen and oxygen atoms in total. The minimum absolute atomic E-state index is 0.0284. The zero-order valence-electron chi connectivity index (χ0n) is 20.2. The van der Waals surface area contributed by atoms with Gasteiger partial charge in [0.15, 0.2) is 5.67 Å². The van der Waals surface area contributed by atoms with Gasteiger partial charge in [-0.15, -0.1) is 0 Å². The Balaban J connectivity index is 1.55. The Hall–Kier alpha value is -3.57. The summed E-state index contributed by atoms with van der Waals surface area (Å²) in [5.41, 5.74) is -0.244. The Morgan fingerprint density at radius 3 is 2.76 bits per heavy atom. The van der Waals surface area contributed by atoms with Crippen molar-refractivity contribution in [3.63, 3.8) is 0 Å². The maximum atomic E-state index is 17.0. The van der Waals surface area contributed by atoms with Crippen molar-refractivity contribution in [3.8, 4) is 5.88 Å². The van der Waals surface area contributed by atoms with Gasteiger partial charge in [0, 0.05) is 24.4 Å². The third kappa shape index (κ3) is 4.76. The lowest BCUT2D eigenvalue weighted by Gasteiger charge is -2.27. The molecule has 1 fully saturated rings. The highest BCUT2D eigenvalue weighted by Crippen LogP contribution is 2.44. The fourth-order valence-electron chi connectivity index (χ4n) is 5.04. The minimum Gasteiger partial charge on any atom is -0.481 e. The third-order valence-corrected chi connectivity index (χ3v) is 8.52. The molecule has 1 saturated heterocycles. The topological polar surface area (TPSA) is 115 Å². The standard InChI is InChI=1S/C26H27FN4O5S/c1-2-36-24-12-11-19(15-28-24)37(34,35)30-16-23(26(27,17-30)14-18-7-3-4-8-18)31-22-10-6-5-9-20(22)21(29-31)13-25(32)33/h3-7,9-12,15,23H,2,8,13-14,16-17H2,1H3,(H,32,33)/t23-,26-/m0/s1. The summed E-state index contributed by atoms with van der Waals surface area (Å²) in [5.74, 6) is -0.752. The molecule has 1 N–H and O–H groups in total. The number of pyridine rings is 1. The molecule has 0 bridgehead atoms. The van der Waals surface area contributed by atoms with E-state index in [1.807, 2.05) is 18.2 Å². The number of aromatic nitrogens is 3. The van der Waals surface area contributed by atoms with Crippen molar-refractivity contribution in [2.24, 2.45) is 0 Å². The first kappa shape index (κ1) is 25.1. The second-order valence-electron chi connectivity index (χ2n) is 9.23. The summed E-state index contributed by atoms with van der Waals surface area (Å²) in [7, 11) is -4.08. The zero-order valence-corrected chi connectivity index (χ0v) is 21.1. The number of carbonyl (C=O) groups is 1. The first-order chi connectivity index (χ1) is 17.7. The van der Waals surface area contributed by atoms with Crippen LogP contribution in [0.1, 0.15) is 31.5 Å². The number of ether oxygens (including phenoxy) is 1. The number of aliphatic carboxylic acids is 1. The van der Waals surface area contributed by atoms with Gasteiger partial charge in [0.05, 0.1) is 37.0 Å². The van der Waals surface area contributed by atoms with Gasteiger partial charge in [-0.25, -0.2) is 17.8 Å². The van der Waals surface area contributed by atoms with Gasteiger partial charge in [-0.3, -0.25) is 9.48 Å². The van der Waals surface area contributed by atoms with Crippen LogP contribution in [-0.2, 0) is 21.2 Å². The quantitative estimate of drug-likeness (QED) is 0.452. The highest BCUT2D eigenvalue weighted by Gasteiger charge is 2.53. The highest BCUT2D eigenvalue weighted by molar-refractivity contribution is 7.89. The lowest BCUT2D eigenvalue weighted by Crippen LogP contribution is -2.36. The van der Waals surface area contributed by atoms with E-state index < -0.39 is 27.7 Å². The van der Waals surface area contributed by atoms with E-state index in [4.69, 9.17) is 4.74 Å². The van der Waals surface area contributed by atoms with Crippen LogP contribution in [-0.4, -0.2) is 63.9 Å². The number of carboxylic acid groups (broad SMARTS) is 1. The van der Waals surface area contributed by atoms with Crippen LogP contribution >= 0.6 is 0 Å². The normalized spacial score (nSPS) is 22.0. The van der Waals surface area contributed by atoms with Crippen LogP contribution in [0.15, 0.2) is 71.3 Å². The Labute approximate surface area is 213 Å². The monoisotopic (exact) mass is 526 g/mol. The number of hydrogen-bond acceptors (Lipinski definition) is 6. The number of rotatable bonds is 9. The van der Waals surface area contributed by atoms with Crippen molar-refractivity contribution in [2.45, 2.75) is 42.8 Å². The first-order valence-electron chi connectivity index (χ1n) is 12.0. The predicted molar refractivity (Wildman–Crippen MR) is 135 cm³/mol. The van der Waals surface area contributed by atoms with Crippen molar-refractivity contribution < 1.29 is 27.4 Å². The molecule has 5 rings (SSSR count). The molecular weight excluding hydrogens is 499 g/mol. The number of sulfonamides is 1. The maximum Gasteiger partial charge on any atom is 0.309 e. The molecule has 3 aromatic rings. The summed E-state index contributed by atoms with van der Waals surface area (Å²) in [6, 6.07) is 8.93. The van der Waals surface area contributed by atoms with Gasteiger partial charge >= 0.3 is 5.97 Å². The van der Waals surface area contributed by atoms with E-state index in [0.717, 1.165) is 9.88 Å². The fourth-order valence-corrected chi connectivity index (χ4v) is 6.49. The number of carboxylic acids is 1. The maximum absolute atomic E-state index is 17.0. The van der Waals surface area contributed by atoms with E-state index in [-0.39, 0.29) is 30.8 Å². The summed E-state index contributed by atoms with van der Waals surface area (Å²) >= 11 is 0. The summed E-state index contributed by atoms with van der Waals surface area (Å²) in [4.78, 5) is 15.5. The smallest absolute Gasteiger partial charge is 0.309 e. The summed E-state index contributed by atoms with van der Waals surface area (Å²) in [6.07, 6.45) is 7.15. The summed E-state index contributed by atoms with van der Waals surface area (Å²) < 4.78 is 52.0. The van der Waals surface area contributed by atoms with Crippen molar-refractivity contribution in [1.82, 2.24) is 19.1 Å². The van der Waals surface area contributed by atoms with E-state index in [1.54, 1.807) is 31.2 Å². The number of nitrogens with zero attached hydrogens (tertiary/aromatic N) is 4. The number of benzene rings is 1. The number of para-hydroxylation sites is 1. The molecule has 37 heavy (non-hydrogen) atoms. The van der Waals surface area contributed by atoms with Gasteiger partial charge in [0.2, 0.25) is 15.9 Å². The van der Waals surface area contributed by atoms with Gasteiger partial charge in [-0.05, 0) is 25.5 Å². The molecule has 0 radical (unpaired) electrons. The van der Waals surface area contributed by atoms with E-state index in [1.165, 1.54) is 23.0 Å². The molecule has 1 aliphatic heterocycles. The Morgan fingerprint density at radius 1 is 1.27 bits per heavy atom. The Kier molecular flexibility index (Phi) is 6.59. The van der Waals surface area contributed by atoms with Crippen molar-refractivity contribution in [1.29, 1.82) is 0 Å². The second-order valence-corrected chi connectivity index (χ2v) is 11.2. The van der Waals surface area contributed by atoms with Crippen LogP contribution in [0.25, 0.3) is 10.9 Å². The fraction of sp³-hybridized carbons (Fsp3) is 0.346. The van der Waals surface area contributed by atoms with E-state index in [0.29, 0.717) is 35.5 Å². The number of fused-ring (bicyclic) bond motifs is 1. The van der Waals surface area contributed by atoms with Gasteiger partial charge in [0.25, 0.3) is 0 Å². The lowest BCUT2D eigenvalue weighted by atomic mass is 9.91.